The molecule has 2 aromatic rings. The molecule has 0 unspecified atom stereocenters. The molecule has 7 nitrogen and oxygen atoms in total. The molecule has 9 heteroatoms. The van der Waals surface area contributed by atoms with Gasteiger partial charge in [-0.1, -0.05) is 60.7 Å². The molecule has 0 saturated heterocycles. The molecular weight excluding hydrogens is 471 g/mol. The van der Waals surface area contributed by atoms with E-state index in [0.717, 1.165) is 24.2 Å². The predicted octanol–water partition coefficient (Wildman–Crippen LogP) is 4.67. The molecule has 1 heterocycles. The van der Waals surface area contributed by atoms with Crippen LogP contribution >= 0.6 is 7.29 Å². The van der Waals surface area contributed by atoms with Gasteiger partial charge in [0, 0.05) is 34.9 Å². The van der Waals surface area contributed by atoms with Gasteiger partial charge in [0.25, 0.3) is 0 Å². The summed E-state index contributed by atoms with van der Waals surface area (Å²) < 4.78 is 53.8. The third-order valence-electron chi connectivity index (χ3n) is 6.27. The number of ether oxygens (including phenoxy) is 1. The van der Waals surface area contributed by atoms with Gasteiger partial charge in [0.2, 0.25) is 0 Å². The zero-order valence-corrected chi connectivity index (χ0v) is 21.4. The van der Waals surface area contributed by atoms with Gasteiger partial charge in [0.05, 0.1) is 42.8 Å². The van der Waals surface area contributed by atoms with E-state index in [1.54, 1.807) is 11.6 Å². The second-order valence-electron chi connectivity index (χ2n) is 8.47. The van der Waals surface area contributed by atoms with Crippen molar-refractivity contribution in [2.75, 3.05) is 38.5 Å². The van der Waals surface area contributed by atoms with Gasteiger partial charge in [-0.05, 0) is 13.8 Å². The van der Waals surface area contributed by atoms with Gasteiger partial charge in [-0.15, -0.1) is 0 Å². The predicted molar refractivity (Wildman–Crippen MR) is 136 cm³/mol. The Bertz CT molecular complexity index is 1100. The minimum Gasteiger partial charge on any atom is -0.748 e. The lowest BCUT2D eigenvalue weighted by molar-refractivity contribution is -0.923. The molecule has 0 fully saturated rings. The Labute approximate surface area is 202 Å². The van der Waals surface area contributed by atoms with Crippen molar-refractivity contribution < 1.29 is 26.8 Å². The highest BCUT2D eigenvalue weighted by atomic mass is 32.2. The van der Waals surface area contributed by atoms with Crippen molar-refractivity contribution in [2.45, 2.75) is 20.3 Å². The maximum absolute atomic E-state index is 13.9. The van der Waals surface area contributed by atoms with E-state index < -0.39 is 17.4 Å². The number of nitrogens with one attached hydrogen (secondary N) is 1. The summed E-state index contributed by atoms with van der Waals surface area (Å²) in [5.41, 5.74) is 1.69. The van der Waals surface area contributed by atoms with Gasteiger partial charge in [-0.3, -0.25) is 9.65 Å². The fraction of sp³-hybridized carbons (Fsp3) is 0.360. The fourth-order valence-electron chi connectivity index (χ4n) is 4.13. The highest BCUT2D eigenvalue weighted by Gasteiger charge is 2.29. The third-order valence-corrected chi connectivity index (χ3v) is 9.01. The molecule has 2 aromatic carbocycles. The first-order valence-electron chi connectivity index (χ1n) is 11.6. The van der Waals surface area contributed by atoms with Gasteiger partial charge < -0.3 is 13.8 Å². The van der Waals surface area contributed by atoms with Crippen molar-refractivity contribution in [3.8, 4) is 0 Å². The van der Waals surface area contributed by atoms with Crippen LogP contribution in [-0.2, 0) is 19.4 Å². The first kappa shape index (κ1) is 26.4. The maximum Gasteiger partial charge on any atom is 0.198 e. The number of hydrogen-bond acceptors (Lipinski definition) is 5. The molecule has 34 heavy (non-hydrogen) atoms. The molecule has 1 aliphatic rings. The highest BCUT2D eigenvalue weighted by Crippen LogP contribution is 2.53. The van der Waals surface area contributed by atoms with Gasteiger partial charge in [-0.25, -0.2) is 8.42 Å². The normalized spacial score (nSPS) is 15.9. The standard InChI is InChI=1S/C25H33N2O5PS/c1-3-27(4-2,17-11-19-34(29,30)31)18-16-26-33(28)20-24(22-12-7-5-8-13-22)32-25(21-33)23-14-9-6-10-15-23/h5-10,12-15,20-21H,3-4,11,16-19H2,1-2H3,(H-,26,28,29,30,31). The summed E-state index contributed by atoms with van der Waals surface area (Å²) in [5.74, 6) is 4.08. The third kappa shape index (κ3) is 7.39. The Hall–Kier alpha value is -2.22. The van der Waals surface area contributed by atoms with Crippen LogP contribution in [0.3, 0.4) is 0 Å². The molecule has 0 aliphatic carbocycles. The second-order valence-corrected chi connectivity index (χ2v) is 12.2. The lowest BCUT2D eigenvalue weighted by Gasteiger charge is -2.37. The summed E-state index contributed by atoms with van der Waals surface area (Å²) in [7, 11) is -7.30. The topological polar surface area (TPSA) is 95.5 Å². The molecule has 0 amide bonds. The summed E-state index contributed by atoms with van der Waals surface area (Å²) in [4.78, 5) is 0. The largest absolute Gasteiger partial charge is 0.748 e. The van der Waals surface area contributed by atoms with Crippen molar-refractivity contribution >= 4 is 28.9 Å². The lowest BCUT2D eigenvalue weighted by atomic mass is 10.2. The van der Waals surface area contributed by atoms with Crippen LogP contribution in [-0.4, -0.2) is 55.9 Å². The molecular formula is C25H33N2O5PS. The van der Waals surface area contributed by atoms with E-state index in [9.17, 15) is 17.5 Å². The van der Waals surface area contributed by atoms with Gasteiger partial charge in [0.1, 0.15) is 11.5 Å². The Kier molecular flexibility index (Phi) is 8.90. The first-order valence-corrected chi connectivity index (χ1v) is 15.0. The van der Waals surface area contributed by atoms with Crippen molar-refractivity contribution in [1.82, 2.24) is 5.09 Å². The lowest BCUT2D eigenvalue weighted by Crippen LogP contribution is -2.51. The molecule has 0 saturated carbocycles. The van der Waals surface area contributed by atoms with E-state index >= 15 is 0 Å². The molecule has 184 valence electrons. The zero-order valence-electron chi connectivity index (χ0n) is 19.7. The molecule has 0 atom stereocenters. The zero-order chi connectivity index (χ0) is 24.7. The monoisotopic (exact) mass is 504 g/mol. The van der Waals surface area contributed by atoms with Crippen molar-refractivity contribution in [1.29, 1.82) is 0 Å². The van der Waals surface area contributed by atoms with Gasteiger partial charge in [-0.2, -0.15) is 0 Å². The van der Waals surface area contributed by atoms with Crippen LogP contribution in [0.4, 0.5) is 0 Å². The molecule has 0 spiro atoms. The second kappa shape index (κ2) is 11.5. The molecule has 1 N–H and O–H groups in total. The fourth-order valence-corrected chi connectivity index (χ4v) is 6.42. The minimum absolute atomic E-state index is 0.315. The summed E-state index contributed by atoms with van der Waals surface area (Å²) in [6.07, 6.45) is 0.315. The van der Waals surface area contributed by atoms with E-state index in [0.29, 0.717) is 42.1 Å². The number of quaternary nitrogens is 1. The van der Waals surface area contributed by atoms with E-state index in [2.05, 4.69) is 5.09 Å². The first-order chi connectivity index (χ1) is 16.2. The van der Waals surface area contributed by atoms with Crippen LogP contribution in [0.15, 0.2) is 72.3 Å². The number of benzene rings is 2. The Morgan fingerprint density at radius 3 is 1.82 bits per heavy atom. The summed E-state index contributed by atoms with van der Waals surface area (Å²) >= 11 is 0. The Morgan fingerprint density at radius 1 is 0.882 bits per heavy atom. The molecule has 3 rings (SSSR count). The molecule has 0 bridgehead atoms. The number of nitrogens with zero attached hydrogens (tertiary/aromatic N) is 1. The van der Waals surface area contributed by atoms with E-state index in [-0.39, 0.29) is 5.75 Å². The number of likely N-dealkylation sites (N-methyl/N-ethyl adjacent to an activating group) is 1. The SMILES string of the molecule is CC[N+](CC)(CCCS(=O)(=O)[O-])CCNP1(=O)C=C(c2ccccc2)OC(c2ccccc2)=C1. The summed E-state index contributed by atoms with van der Waals surface area (Å²) in [5, 5.41) is 3.26. The number of rotatable bonds is 12. The Balaban J connectivity index is 1.79. The van der Waals surface area contributed by atoms with Crippen LogP contribution in [0, 0.1) is 0 Å². The average molecular weight is 505 g/mol. The van der Waals surface area contributed by atoms with E-state index in [4.69, 9.17) is 4.74 Å². The van der Waals surface area contributed by atoms with Gasteiger partial charge in [0.15, 0.2) is 7.29 Å². The molecule has 0 radical (unpaired) electrons. The van der Waals surface area contributed by atoms with Gasteiger partial charge >= 0.3 is 0 Å². The molecule has 1 aliphatic heterocycles. The van der Waals surface area contributed by atoms with Crippen LogP contribution in [0.5, 0.6) is 0 Å². The van der Waals surface area contributed by atoms with Crippen molar-refractivity contribution in [3.05, 3.63) is 83.4 Å². The summed E-state index contributed by atoms with van der Waals surface area (Å²) in [6.45, 7) is 7.40. The van der Waals surface area contributed by atoms with Crippen LogP contribution < -0.4 is 5.09 Å². The summed E-state index contributed by atoms with van der Waals surface area (Å²) in [6, 6.07) is 19.2. The van der Waals surface area contributed by atoms with Crippen LogP contribution in [0.25, 0.3) is 11.5 Å². The molecule has 0 aromatic heterocycles. The smallest absolute Gasteiger partial charge is 0.198 e. The Morgan fingerprint density at radius 2 is 1.38 bits per heavy atom. The van der Waals surface area contributed by atoms with Crippen molar-refractivity contribution in [2.24, 2.45) is 0 Å². The van der Waals surface area contributed by atoms with E-state index in [1.165, 1.54) is 0 Å². The highest BCUT2D eigenvalue weighted by molar-refractivity contribution is 7.85. The van der Waals surface area contributed by atoms with E-state index in [1.807, 2.05) is 74.5 Å². The number of hydrogen-bond donors (Lipinski definition) is 1. The van der Waals surface area contributed by atoms with Crippen molar-refractivity contribution in [3.63, 3.8) is 0 Å². The quantitative estimate of drug-likeness (QED) is 0.256. The average Bonchev–Trinajstić information content (AvgIpc) is 2.83. The maximum atomic E-state index is 13.9. The van der Waals surface area contributed by atoms with Crippen LogP contribution in [0.1, 0.15) is 31.4 Å². The van der Waals surface area contributed by atoms with Crippen LogP contribution in [0.2, 0.25) is 0 Å². The minimum atomic E-state index is -4.23.